The zero-order chi connectivity index (χ0) is 54.3. The molecular formula is C57H81N3O14. The standard InChI is InChI=1S/C57H81N3O14/c1-10-25-59-56(67)73-47-24-22-40(31-49(47)69-8)30-43(58)48-33-45(61)36(4)29-38(6)51(63)52(70-9)50(62)37(5)28-34(2)17-12-11-13-18-35(3)42(46-20-16-27-71-46)32-41-23-21-39(7)57(68,74-41)53(64)54(65)60-26-15-14-19-44(60)55(66)72-48/h1,11-13,16-18,20,27,29,34,36-37,39-44,47-49,51-52,63,68H,14-15,19,21-26,28,30-33,58H2,2-9H3,(H,59,67)/b13-11+,17-12+,35-18+,38-29+/t34-,36-,37-,39-,40+,41+,42?,43-,44+,47-,48+,49-,51-,52+,57-/m1/s1. The van der Waals surface area contributed by atoms with E-state index in [0.717, 1.165) is 10.5 Å². The number of nitrogens with two attached hydrogens (primary N) is 1. The van der Waals surface area contributed by atoms with Gasteiger partial charge in [0.25, 0.3) is 11.7 Å². The zero-order valence-corrected chi connectivity index (χ0v) is 44.6. The van der Waals surface area contributed by atoms with E-state index < -0.39 is 96.0 Å². The molecule has 17 heteroatoms. The number of rotatable bonds is 8. The Morgan fingerprint density at radius 1 is 0.959 bits per heavy atom. The maximum atomic E-state index is 14.5. The van der Waals surface area contributed by atoms with Gasteiger partial charge in [-0.05, 0) is 114 Å². The van der Waals surface area contributed by atoms with Crippen LogP contribution in [0.2, 0.25) is 0 Å². The largest absolute Gasteiger partial charge is 0.469 e. The van der Waals surface area contributed by atoms with Gasteiger partial charge in [0, 0.05) is 56.9 Å². The number of amides is 2. The Kier molecular flexibility index (Phi) is 22.6. The van der Waals surface area contributed by atoms with Crippen LogP contribution in [0.4, 0.5) is 4.79 Å². The molecule has 5 N–H and O–H groups in total. The predicted molar refractivity (Wildman–Crippen MR) is 276 cm³/mol. The molecule has 15 atom stereocenters. The number of cyclic esters (lactones) is 1. The molecule has 0 aromatic carbocycles. The van der Waals surface area contributed by atoms with E-state index >= 15 is 0 Å². The molecule has 1 aromatic rings. The number of hydrogen-bond acceptors (Lipinski definition) is 15. The highest BCUT2D eigenvalue weighted by molar-refractivity contribution is 6.39. The molecule has 408 valence electrons. The molecule has 1 unspecified atom stereocenters. The number of nitrogens with zero attached hydrogens (tertiary/aromatic N) is 1. The first-order chi connectivity index (χ1) is 35.2. The van der Waals surface area contributed by atoms with Gasteiger partial charge in [0.1, 0.15) is 42.0 Å². The number of aliphatic hydroxyl groups is 2. The van der Waals surface area contributed by atoms with Gasteiger partial charge in [0.2, 0.25) is 5.79 Å². The van der Waals surface area contributed by atoms with Crippen LogP contribution < -0.4 is 11.1 Å². The van der Waals surface area contributed by atoms with Gasteiger partial charge in [0.05, 0.1) is 25.0 Å². The summed E-state index contributed by atoms with van der Waals surface area (Å²) in [6.07, 6.45) is 16.1. The van der Waals surface area contributed by atoms with Gasteiger partial charge in [0.15, 0.2) is 5.78 Å². The van der Waals surface area contributed by atoms with Gasteiger partial charge in [-0.2, -0.15) is 0 Å². The van der Waals surface area contributed by atoms with E-state index in [9.17, 15) is 39.0 Å². The monoisotopic (exact) mass is 1030 g/mol. The molecule has 1 aliphatic carbocycles. The first-order valence-electron chi connectivity index (χ1n) is 26.4. The number of ketones is 3. The van der Waals surface area contributed by atoms with Crippen molar-refractivity contribution in [1.82, 2.24) is 10.2 Å². The Labute approximate surface area is 437 Å². The van der Waals surface area contributed by atoms with Gasteiger partial charge in [-0.1, -0.05) is 75.6 Å². The van der Waals surface area contributed by atoms with Crippen molar-refractivity contribution in [2.45, 2.75) is 179 Å². The summed E-state index contributed by atoms with van der Waals surface area (Å²) in [5.74, 6) is -5.81. The molecule has 2 amide bonds. The van der Waals surface area contributed by atoms with Gasteiger partial charge in [-0.25, -0.2) is 9.59 Å². The molecule has 0 spiro atoms. The maximum Gasteiger partial charge on any atom is 0.408 e. The Morgan fingerprint density at radius 3 is 2.41 bits per heavy atom. The number of hydrogen-bond donors (Lipinski definition) is 4. The molecule has 4 heterocycles. The number of carbonyl (C=O) groups excluding carboxylic acids is 6. The molecule has 3 aliphatic heterocycles. The second kappa shape index (κ2) is 28.1. The average Bonchev–Trinajstić information content (AvgIpc) is 3.92. The van der Waals surface area contributed by atoms with E-state index in [1.54, 1.807) is 46.1 Å². The van der Waals surface area contributed by atoms with Crippen molar-refractivity contribution in [1.29, 1.82) is 0 Å². The van der Waals surface area contributed by atoms with Crippen molar-refractivity contribution in [2.75, 3.05) is 27.3 Å². The maximum absolute atomic E-state index is 14.5. The first kappa shape index (κ1) is 59.7. The molecule has 4 aliphatic rings. The Morgan fingerprint density at radius 2 is 1.72 bits per heavy atom. The number of fused-ring (bicyclic) bond motifs is 3. The number of alkyl carbamates (subject to hydrolysis) is 1. The second-order valence-electron chi connectivity index (χ2n) is 21.1. The summed E-state index contributed by atoms with van der Waals surface area (Å²) in [5.41, 5.74) is 8.20. The van der Waals surface area contributed by atoms with E-state index in [4.69, 9.17) is 40.3 Å². The second-order valence-corrected chi connectivity index (χ2v) is 21.1. The van der Waals surface area contributed by atoms with E-state index in [0.29, 0.717) is 69.1 Å². The zero-order valence-electron chi connectivity index (χ0n) is 44.6. The predicted octanol–water partition coefficient (Wildman–Crippen LogP) is 6.60. The van der Waals surface area contributed by atoms with Crippen molar-refractivity contribution >= 4 is 35.3 Å². The third kappa shape index (κ3) is 15.7. The molecule has 74 heavy (non-hydrogen) atoms. The van der Waals surface area contributed by atoms with Crippen LogP contribution in [-0.4, -0.2) is 132 Å². The lowest BCUT2D eigenvalue weighted by Gasteiger charge is -2.42. The summed E-state index contributed by atoms with van der Waals surface area (Å²) in [6.45, 7) is 10.7. The Hall–Kier alpha value is -5.22. The number of terminal acetylenes is 1. The molecule has 1 saturated carbocycles. The van der Waals surface area contributed by atoms with Gasteiger partial charge < -0.3 is 54.3 Å². The van der Waals surface area contributed by atoms with Crippen LogP contribution in [0.25, 0.3) is 0 Å². The van der Waals surface area contributed by atoms with Crippen molar-refractivity contribution in [3.8, 4) is 12.3 Å². The lowest BCUT2D eigenvalue weighted by Crippen LogP contribution is -2.61. The quantitative estimate of drug-likeness (QED) is 0.0928. The van der Waals surface area contributed by atoms with Crippen molar-refractivity contribution < 1.29 is 67.1 Å². The van der Waals surface area contributed by atoms with Crippen LogP contribution in [0.3, 0.4) is 0 Å². The number of nitrogens with one attached hydrogen (secondary N) is 1. The highest BCUT2D eigenvalue weighted by atomic mass is 16.6. The lowest BCUT2D eigenvalue weighted by molar-refractivity contribution is -0.264. The van der Waals surface area contributed by atoms with E-state index in [-0.39, 0.29) is 61.7 Å². The molecule has 2 saturated heterocycles. The van der Waals surface area contributed by atoms with Crippen LogP contribution >= 0.6 is 0 Å². The fraction of sp³-hybridized carbons (Fsp3) is 0.649. The van der Waals surface area contributed by atoms with Crippen molar-refractivity contribution in [2.24, 2.45) is 35.3 Å². The van der Waals surface area contributed by atoms with E-state index in [1.807, 2.05) is 50.3 Å². The number of furan rings is 1. The number of carbonyl (C=O) groups is 6. The minimum Gasteiger partial charge on any atom is -0.469 e. The number of ether oxygens (including phenoxy) is 5. The van der Waals surface area contributed by atoms with E-state index in [1.165, 1.54) is 14.2 Å². The molecule has 3 fully saturated rings. The lowest BCUT2D eigenvalue weighted by atomic mass is 9.80. The Balaban J connectivity index is 1.47. The molecule has 17 nitrogen and oxygen atoms in total. The fourth-order valence-corrected chi connectivity index (χ4v) is 10.9. The number of aliphatic hydroxyl groups excluding tert-OH is 1. The summed E-state index contributed by atoms with van der Waals surface area (Å²) in [6, 6.07) is 1.48. The highest BCUT2D eigenvalue weighted by Gasteiger charge is 2.53. The first-order valence-corrected chi connectivity index (χ1v) is 26.4. The minimum absolute atomic E-state index is 0.00194. The summed E-state index contributed by atoms with van der Waals surface area (Å²) < 4.78 is 35.3. The van der Waals surface area contributed by atoms with E-state index in [2.05, 4.69) is 11.2 Å². The fourth-order valence-electron chi connectivity index (χ4n) is 10.9. The summed E-state index contributed by atoms with van der Waals surface area (Å²) in [7, 11) is 2.87. The van der Waals surface area contributed by atoms with Crippen molar-refractivity contribution in [3.63, 3.8) is 0 Å². The summed E-state index contributed by atoms with van der Waals surface area (Å²) in [4.78, 5) is 85.0. The SMILES string of the molecule is C#CCNC(=O)O[C@@H]1CC[C@@H](C[C@@H](N)[C@@H]2CC(=O)[C@H](C)/C=C(\C)[C@@H](O)[C@@H](OC)C(=O)[C@H](C)C[C@H](C)/C=C/C=C/C=C(\C)C(c3ccco3)C[C@@H]3CC[C@@H](C)[C@@](O)(O3)C(=O)C(=O)N3CCCC[C@H]3C(=O)O2)C[C@H]1OC. The highest BCUT2D eigenvalue weighted by Crippen LogP contribution is 2.40. The average molecular weight is 1030 g/mol. The van der Waals surface area contributed by atoms with Crippen molar-refractivity contribution in [3.05, 3.63) is 71.8 Å². The van der Waals surface area contributed by atoms with Crippen LogP contribution in [0, 0.1) is 41.9 Å². The molecule has 0 radical (unpaired) electrons. The van der Waals surface area contributed by atoms with Crippen LogP contribution in [0.1, 0.15) is 130 Å². The minimum atomic E-state index is -2.49. The number of esters is 1. The molecular weight excluding hydrogens is 951 g/mol. The van der Waals surface area contributed by atoms with Crippen LogP contribution in [0.15, 0.2) is 70.4 Å². The topological polar surface area (TPSA) is 243 Å². The number of piperidine rings is 1. The van der Waals surface area contributed by atoms with Gasteiger partial charge in [-0.3, -0.25) is 19.2 Å². The normalized spacial score (nSPS) is 36.6. The van der Waals surface area contributed by atoms with Crippen LogP contribution in [0.5, 0.6) is 0 Å². The molecule has 1 aromatic heterocycles. The number of allylic oxidation sites excluding steroid dienone is 7. The molecule has 5 rings (SSSR count). The van der Waals surface area contributed by atoms with Gasteiger partial charge >= 0.3 is 12.1 Å². The summed E-state index contributed by atoms with van der Waals surface area (Å²) >= 11 is 0. The Bertz CT molecular complexity index is 2250. The third-order valence-corrected chi connectivity index (χ3v) is 15.5. The molecule has 2 bridgehead atoms. The van der Waals surface area contributed by atoms with Gasteiger partial charge in [-0.15, -0.1) is 6.42 Å². The smallest absolute Gasteiger partial charge is 0.408 e. The number of methoxy groups -OCH3 is 2. The third-order valence-electron chi connectivity index (χ3n) is 15.5. The summed E-state index contributed by atoms with van der Waals surface area (Å²) in [5, 5.41) is 26.2. The number of Topliss-reactive ketones (excluding diaryl/α,β-unsaturated/α-hetero) is 3. The van der Waals surface area contributed by atoms with Crippen LogP contribution in [-0.2, 0) is 47.7 Å².